The highest BCUT2D eigenvalue weighted by molar-refractivity contribution is 7.89. The van der Waals surface area contributed by atoms with E-state index in [0.717, 1.165) is 6.42 Å². The quantitative estimate of drug-likeness (QED) is 0.281. The number of hydrogen-bond acceptors (Lipinski definition) is 8. The van der Waals surface area contributed by atoms with Crippen molar-refractivity contribution in [3.8, 4) is 17.1 Å². The SMILES string of the molecule is CCCc1nc(C)c2c(=O)[nH]c(-c3cc(S(=O)(=O)N4CCC(CC(C)(C(=O)O)C(=O)O)CC4)ccc3OCC)nn12. The molecule has 0 bridgehead atoms. The lowest BCUT2D eigenvalue weighted by Gasteiger charge is -2.34. The summed E-state index contributed by atoms with van der Waals surface area (Å²) in [5, 5.41) is 23.5. The Labute approximate surface area is 237 Å². The molecule has 3 heterocycles. The van der Waals surface area contributed by atoms with Gasteiger partial charge < -0.3 is 19.9 Å². The minimum absolute atomic E-state index is 0.0198. The number of carboxylic acid groups (broad SMARTS) is 2. The molecule has 2 aromatic heterocycles. The monoisotopic (exact) mass is 589 g/mol. The van der Waals surface area contributed by atoms with E-state index in [4.69, 9.17) is 4.74 Å². The van der Waals surface area contributed by atoms with E-state index in [1.807, 2.05) is 6.92 Å². The molecule has 0 amide bonds. The third-order valence-electron chi connectivity index (χ3n) is 7.57. The summed E-state index contributed by atoms with van der Waals surface area (Å²) in [4.78, 5) is 43.4. The summed E-state index contributed by atoms with van der Waals surface area (Å²) in [7, 11) is -3.98. The maximum Gasteiger partial charge on any atom is 0.320 e. The lowest BCUT2D eigenvalue weighted by atomic mass is 9.78. The van der Waals surface area contributed by atoms with Crippen molar-refractivity contribution < 1.29 is 33.0 Å². The third-order valence-corrected chi connectivity index (χ3v) is 9.47. The zero-order chi connectivity index (χ0) is 30.1. The van der Waals surface area contributed by atoms with E-state index in [1.165, 1.54) is 33.9 Å². The van der Waals surface area contributed by atoms with Crippen molar-refractivity contribution in [2.45, 2.75) is 64.7 Å². The third kappa shape index (κ3) is 5.71. The Morgan fingerprint density at radius 3 is 2.41 bits per heavy atom. The van der Waals surface area contributed by atoms with Gasteiger partial charge in [-0.1, -0.05) is 6.92 Å². The molecule has 41 heavy (non-hydrogen) atoms. The Balaban J connectivity index is 1.66. The number of nitrogens with zero attached hydrogens (tertiary/aromatic N) is 4. The second-order valence-electron chi connectivity index (χ2n) is 10.5. The molecule has 0 saturated carbocycles. The van der Waals surface area contributed by atoms with E-state index in [1.54, 1.807) is 13.8 Å². The lowest BCUT2D eigenvalue weighted by molar-refractivity contribution is -0.164. The Bertz CT molecular complexity index is 1620. The van der Waals surface area contributed by atoms with Crippen LogP contribution < -0.4 is 10.3 Å². The number of aryl methyl sites for hydroxylation is 2. The molecule has 4 rings (SSSR count). The van der Waals surface area contributed by atoms with Crippen LogP contribution in [-0.2, 0) is 26.0 Å². The highest BCUT2D eigenvalue weighted by Gasteiger charge is 2.44. The lowest BCUT2D eigenvalue weighted by Crippen LogP contribution is -2.42. The zero-order valence-corrected chi connectivity index (χ0v) is 24.3. The molecule has 1 saturated heterocycles. The number of aromatic nitrogens is 4. The molecular formula is C27H35N5O8S. The van der Waals surface area contributed by atoms with E-state index >= 15 is 0 Å². The first kappa shape index (κ1) is 30.2. The molecule has 1 aromatic carbocycles. The van der Waals surface area contributed by atoms with Crippen LogP contribution in [0.1, 0.15) is 58.0 Å². The van der Waals surface area contributed by atoms with Crippen LogP contribution in [0.25, 0.3) is 16.9 Å². The second kappa shape index (κ2) is 11.6. The molecule has 0 spiro atoms. The van der Waals surface area contributed by atoms with E-state index in [9.17, 15) is 33.0 Å². The number of benzene rings is 1. The topological polar surface area (TPSA) is 184 Å². The molecule has 222 valence electrons. The smallest absolute Gasteiger partial charge is 0.320 e. The molecule has 13 nitrogen and oxygen atoms in total. The van der Waals surface area contributed by atoms with Crippen LogP contribution in [0.3, 0.4) is 0 Å². The fourth-order valence-corrected chi connectivity index (χ4v) is 6.72. The van der Waals surface area contributed by atoms with Crippen LogP contribution in [0.2, 0.25) is 0 Å². The van der Waals surface area contributed by atoms with Crippen LogP contribution in [0.15, 0.2) is 27.9 Å². The minimum Gasteiger partial charge on any atom is -0.493 e. The van der Waals surface area contributed by atoms with Gasteiger partial charge in [0.2, 0.25) is 10.0 Å². The van der Waals surface area contributed by atoms with Gasteiger partial charge >= 0.3 is 11.9 Å². The van der Waals surface area contributed by atoms with Gasteiger partial charge in [-0.05, 0) is 70.6 Å². The highest BCUT2D eigenvalue weighted by atomic mass is 32.2. The zero-order valence-electron chi connectivity index (χ0n) is 23.5. The summed E-state index contributed by atoms with van der Waals surface area (Å²) in [6.45, 7) is 7.21. The minimum atomic E-state index is -3.98. The first-order valence-corrected chi connectivity index (χ1v) is 15.0. The molecule has 0 aliphatic carbocycles. The van der Waals surface area contributed by atoms with Crippen molar-refractivity contribution in [1.29, 1.82) is 0 Å². The molecule has 0 atom stereocenters. The number of carboxylic acids is 2. The summed E-state index contributed by atoms with van der Waals surface area (Å²) >= 11 is 0. The van der Waals surface area contributed by atoms with Gasteiger partial charge in [0.15, 0.2) is 16.8 Å². The van der Waals surface area contributed by atoms with Gasteiger partial charge in [-0.15, -0.1) is 5.10 Å². The largest absolute Gasteiger partial charge is 0.493 e. The number of carbonyl (C=O) groups is 2. The molecule has 1 aliphatic heterocycles. The fraction of sp³-hybridized carbons (Fsp3) is 0.519. The predicted octanol–water partition coefficient (Wildman–Crippen LogP) is 2.71. The maximum absolute atomic E-state index is 13.7. The van der Waals surface area contributed by atoms with E-state index in [2.05, 4.69) is 15.1 Å². The summed E-state index contributed by atoms with van der Waals surface area (Å²) in [6.07, 6.45) is 1.96. The van der Waals surface area contributed by atoms with Crippen LogP contribution in [-0.4, -0.2) is 74.2 Å². The van der Waals surface area contributed by atoms with Crippen LogP contribution in [0.5, 0.6) is 5.75 Å². The molecule has 1 aliphatic rings. The van der Waals surface area contributed by atoms with Crippen molar-refractivity contribution in [2.75, 3.05) is 19.7 Å². The average molecular weight is 590 g/mol. The number of piperidine rings is 1. The number of ether oxygens (including phenoxy) is 1. The number of fused-ring (bicyclic) bond motifs is 1. The van der Waals surface area contributed by atoms with E-state index in [0.29, 0.717) is 54.2 Å². The summed E-state index contributed by atoms with van der Waals surface area (Å²) in [5.74, 6) is -1.98. The maximum atomic E-state index is 13.7. The number of hydrogen-bond donors (Lipinski definition) is 3. The summed E-state index contributed by atoms with van der Waals surface area (Å²) < 4.78 is 35.9. The molecule has 3 aromatic rings. The van der Waals surface area contributed by atoms with Crippen molar-refractivity contribution >= 4 is 27.5 Å². The van der Waals surface area contributed by atoms with Gasteiger partial charge in [0, 0.05) is 19.5 Å². The molecular weight excluding hydrogens is 554 g/mol. The standard InChI is InChI=1S/C27H35N5O8S/c1-5-7-21-28-16(3)22-24(33)29-23(30-32(21)22)19-14-18(8-9-20(19)40-6-2)41(38,39)31-12-10-17(11-13-31)15-27(4,25(34)35)26(36)37/h8-9,14,17H,5-7,10-13,15H2,1-4H3,(H,34,35)(H,36,37)(H,29,30,33). The number of sulfonamides is 1. The Hall–Kier alpha value is -3.78. The number of imidazole rings is 1. The van der Waals surface area contributed by atoms with E-state index in [-0.39, 0.29) is 36.1 Å². The fourth-order valence-electron chi connectivity index (χ4n) is 5.23. The molecule has 14 heteroatoms. The number of aromatic amines is 1. The number of aliphatic carboxylic acids is 2. The number of rotatable bonds is 11. The summed E-state index contributed by atoms with van der Waals surface area (Å²) in [5.41, 5.74) is -1.18. The van der Waals surface area contributed by atoms with Gasteiger partial charge in [-0.25, -0.2) is 17.9 Å². The number of nitrogens with one attached hydrogen (secondary N) is 1. The molecule has 0 radical (unpaired) electrons. The summed E-state index contributed by atoms with van der Waals surface area (Å²) in [6, 6.07) is 4.38. The van der Waals surface area contributed by atoms with Gasteiger partial charge in [-0.2, -0.15) is 4.31 Å². The average Bonchev–Trinajstić information content (AvgIpc) is 3.24. The number of H-pyrrole nitrogens is 1. The van der Waals surface area contributed by atoms with Gasteiger partial charge in [-0.3, -0.25) is 14.4 Å². The first-order valence-electron chi connectivity index (χ1n) is 13.6. The Morgan fingerprint density at radius 1 is 1.17 bits per heavy atom. The highest BCUT2D eigenvalue weighted by Crippen LogP contribution is 2.36. The van der Waals surface area contributed by atoms with Gasteiger partial charge in [0.05, 0.1) is 22.8 Å². The normalized spacial score (nSPS) is 15.3. The van der Waals surface area contributed by atoms with Crippen molar-refractivity contribution in [1.82, 2.24) is 23.9 Å². The first-order chi connectivity index (χ1) is 19.3. The van der Waals surface area contributed by atoms with E-state index < -0.39 is 32.9 Å². The molecule has 1 fully saturated rings. The Kier molecular flexibility index (Phi) is 8.54. The predicted molar refractivity (Wildman–Crippen MR) is 148 cm³/mol. The molecule has 0 unspecified atom stereocenters. The molecule has 3 N–H and O–H groups in total. The van der Waals surface area contributed by atoms with Gasteiger partial charge in [0.25, 0.3) is 5.56 Å². The van der Waals surface area contributed by atoms with Crippen LogP contribution >= 0.6 is 0 Å². The van der Waals surface area contributed by atoms with Gasteiger partial charge in [0.1, 0.15) is 11.6 Å². The van der Waals surface area contributed by atoms with Crippen molar-refractivity contribution in [3.63, 3.8) is 0 Å². The van der Waals surface area contributed by atoms with Crippen LogP contribution in [0.4, 0.5) is 0 Å². The van der Waals surface area contributed by atoms with Crippen molar-refractivity contribution in [2.24, 2.45) is 11.3 Å². The van der Waals surface area contributed by atoms with Crippen LogP contribution in [0, 0.1) is 18.3 Å². The van der Waals surface area contributed by atoms with Crippen molar-refractivity contribution in [3.05, 3.63) is 40.1 Å². The Morgan fingerprint density at radius 2 is 1.83 bits per heavy atom. The second-order valence-corrected chi connectivity index (χ2v) is 12.4.